The monoisotopic (exact) mass is 217 g/mol. The molecular formula is C15H23N. The second-order valence-electron chi connectivity index (χ2n) is 5.18. The Morgan fingerprint density at radius 1 is 1.19 bits per heavy atom. The molecule has 0 spiro atoms. The highest BCUT2D eigenvalue weighted by molar-refractivity contribution is 5.33. The summed E-state index contributed by atoms with van der Waals surface area (Å²) in [5, 5.41) is 0. The van der Waals surface area contributed by atoms with E-state index in [9.17, 15) is 0 Å². The third kappa shape index (κ3) is 3.08. The van der Waals surface area contributed by atoms with Gasteiger partial charge in [0, 0.05) is 6.04 Å². The summed E-state index contributed by atoms with van der Waals surface area (Å²) >= 11 is 0. The molecular weight excluding hydrogens is 194 g/mol. The minimum Gasteiger partial charge on any atom is -0.328 e. The zero-order valence-corrected chi connectivity index (χ0v) is 10.3. The molecule has 2 N–H and O–H groups in total. The Balaban J connectivity index is 1.95. The van der Waals surface area contributed by atoms with Gasteiger partial charge in [-0.3, -0.25) is 0 Å². The normalized spacial score (nSPS) is 16.9. The molecule has 1 aliphatic carbocycles. The maximum atomic E-state index is 5.77. The van der Waals surface area contributed by atoms with Crippen LogP contribution in [0, 0.1) is 0 Å². The summed E-state index contributed by atoms with van der Waals surface area (Å²) in [6.07, 6.45) is 8.86. The van der Waals surface area contributed by atoms with E-state index in [0.717, 1.165) is 6.42 Å². The molecule has 0 aromatic heterocycles. The van der Waals surface area contributed by atoms with Crippen LogP contribution in [0.5, 0.6) is 0 Å². The van der Waals surface area contributed by atoms with Gasteiger partial charge in [0.05, 0.1) is 0 Å². The van der Waals surface area contributed by atoms with E-state index in [-0.39, 0.29) is 0 Å². The molecule has 0 amide bonds. The van der Waals surface area contributed by atoms with Gasteiger partial charge >= 0.3 is 0 Å². The number of rotatable bonds is 4. The van der Waals surface area contributed by atoms with Crippen molar-refractivity contribution in [2.24, 2.45) is 5.73 Å². The number of nitrogens with two attached hydrogens (primary N) is 1. The standard InChI is InChI=1S/C15H23N/c1-12(16)5-4-6-13-9-10-14-7-2-3-8-15(14)11-13/h9-12H,2-8,16H2,1H3. The van der Waals surface area contributed by atoms with E-state index in [4.69, 9.17) is 5.73 Å². The van der Waals surface area contributed by atoms with Crippen molar-refractivity contribution in [3.8, 4) is 0 Å². The van der Waals surface area contributed by atoms with Crippen LogP contribution in [0.4, 0.5) is 0 Å². The van der Waals surface area contributed by atoms with Crippen LogP contribution in [0.15, 0.2) is 18.2 Å². The van der Waals surface area contributed by atoms with E-state index < -0.39 is 0 Å². The summed E-state index contributed by atoms with van der Waals surface area (Å²) in [6.45, 7) is 2.09. The molecule has 16 heavy (non-hydrogen) atoms. The number of aryl methyl sites for hydroxylation is 3. The van der Waals surface area contributed by atoms with E-state index in [0.29, 0.717) is 6.04 Å². The van der Waals surface area contributed by atoms with E-state index in [1.807, 2.05) is 0 Å². The van der Waals surface area contributed by atoms with Crippen molar-refractivity contribution < 1.29 is 0 Å². The van der Waals surface area contributed by atoms with Crippen molar-refractivity contribution in [1.29, 1.82) is 0 Å². The molecule has 1 aliphatic rings. The third-order valence-electron chi connectivity index (χ3n) is 3.54. The van der Waals surface area contributed by atoms with Gasteiger partial charge < -0.3 is 5.73 Å². The first-order valence-corrected chi connectivity index (χ1v) is 6.62. The molecule has 1 atom stereocenters. The van der Waals surface area contributed by atoms with Crippen molar-refractivity contribution in [2.75, 3.05) is 0 Å². The zero-order chi connectivity index (χ0) is 11.4. The fourth-order valence-electron chi connectivity index (χ4n) is 2.57. The maximum Gasteiger partial charge on any atom is 0.00105 e. The van der Waals surface area contributed by atoms with Crippen LogP contribution in [0.2, 0.25) is 0 Å². The van der Waals surface area contributed by atoms with Gasteiger partial charge in [-0.1, -0.05) is 18.2 Å². The molecule has 1 unspecified atom stereocenters. The number of hydrogen-bond acceptors (Lipinski definition) is 1. The molecule has 1 aromatic carbocycles. The van der Waals surface area contributed by atoms with Gasteiger partial charge in [0.15, 0.2) is 0 Å². The molecule has 0 saturated heterocycles. The predicted octanol–water partition coefficient (Wildman–Crippen LogP) is 3.24. The Hall–Kier alpha value is -0.820. The van der Waals surface area contributed by atoms with Crippen LogP contribution in [0.3, 0.4) is 0 Å². The second-order valence-corrected chi connectivity index (χ2v) is 5.18. The molecule has 2 rings (SSSR count). The predicted molar refractivity (Wildman–Crippen MR) is 69.7 cm³/mol. The highest BCUT2D eigenvalue weighted by Gasteiger charge is 2.09. The molecule has 0 bridgehead atoms. The average molecular weight is 217 g/mol. The lowest BCUT2D eigenvalue weighted by Gasteiger charge is -2.16. The zero-order valence-electron chi connectivity index (χ0n) is 10.3. The van der Waals surface area contributed by atoms with E-state index in [2.05, 4.69) is 25.1 Å². The van der Waals surface area contributed by atoms with Crippen LogP contribution in [-0.4, -0.2) is 6.04 Å². The molecule has 1 aromatic rings. The summed E-state index contributed by atoms with van der Waals surface area (Å²) in [4.78, 5) is 0. The van der Waals surface area contributed by atoms with Crippen molar-refractivity contribution in [2.45, 2.75) is 57.9 Å². The van der Waals surface area contributed by atoms with E-state index in [1.165, 1.54) is 44.1 Å². The average Bonchev–Trinajstić information content (AvgIpc) is 2.28. The van der Waals surface area contributed by atoms with E-state index in [1.54, 1.807) is 11.1 Å². The fraction of sp³-hybridized carbons (Fsp3) is 0.600. The molecule has 0 fully saturated rings. The van der Waals surface area contributed by atoms with Crippen LogP contribution in [-0.2, 0) is 19.3 Å². The van der Waals surface area contributed by atoms with Gasteiger partial charge in [0.2, 0.25) is 0 Å². The SMILES string of the molecule is CC(N)CCCc1ccc2c(c1)CCCC2. The van der Waals surface area contributed by atoms with Gasteiger partial charge in [-0.15, -0.1) is 0 Å². The van der Waals surface area contributed by atoms with Gasteiger partial charge in [-0.05, 0) is 68.6 Å². The molecule has 1 nitrogen and oxygen atoms in total. The highest BCUT2D eigenvalue weighted by Crippen LogP contribution is 2.22. The van der Waals surface area contributed by atoms with Crippen molar-refractivity contribution in [1.82, 2.24) is 0 Å². The summed E-state index contributed by atoms with van der Waals surface area (Å²) in [7, 11) is 0. The largest absolute Gasteiger partial charge is 0.328 e. The van der Waals surface area contributed by atoms with Crippen LogP contribution >= 0.6 is 0 Å². The minimum atomic E-state index is 0.345. The third-order valence-corrected chi connectivity index (χ3v) is 3.54. The van der Waals surface area contributed by atoms with Gasteiger partial charge in [0.1, 0.15) is 0 Å². The number of hydrogen-bond donors (Lipinski definition) is 1. The Bertz CT molecular complexity index is 341. The molecule has 0 aliphatic heterocycles. The second kappa shape index (κ2) is 5.49. The van der Waals surface area contributed by atoms with Crippen molar-refractivity contribution in [3.63, 3.8) is 0 Å². The molecule has 1 heteroatoms. The maximum absolute atomic E-state index is 5.77. The Morgan fingerprint density at radius 2 is 1.94 bits per heavy atom. The first kappa shape index (κ1) is 11.7. The lowest BCUT2D eigenvalue weighted by molar-refractivity contribution is 0.623. The molecule has 0 saturated carbocycles. The first-order chi connectivity index (χ1) is 7.75. The molecule has 0 heterocycles. The Kier molecular flexibility index (Phi) is 4.00. The molecule has 0 radical (unpaired) electrons. The smallest absolute Gasteiger partial charge is 0.00105 e. The summed E-state index contributed by atoms with van der Waals surface area (Å²) < 4.78 is 0. The quantitative estimate of drug-likeness (QED) is 0.823. The minimum absolute atomic E-state index is 0.345. The molecule has 88 valence electrons. The number of fused-ring (bicyclic) bond motifs is 1. The van der Waals surface area contributed by atoms with Crippen LogP contribution < -0.4 is 5.73 Å². The van der Waals surface area contributed by atoms with E-state index >= 15 is 0 Å². The Labute approximate surface area is 99.0 Å². The lowest BCUT2D eigenvalue weighted by atomic mass is 9.89. The van der Waals surface area contributed by atoms with Gasteiger partial charge in [-0.25, -0.2) is 0 Å². The highest BCUT2D eigenvalue weighted by atomic mass is 14.6. The summed E-state index contributed by atoms with van der Waals surface area (Å²) in [6, 6.07) is 7.43. The van der Waals surface area contributed by atoms with Crippen molar-refractivity contribution in [3.05, 3.63) is 34.9 Å². The number of benzene rings is 1. The Morgan fingerprint density at radius 3 is 2.69 bits per heavy atom. The first-order valence-electron chi connectivity index (χ1n) is 6.62. The topological polar surface area (TPSA) is 26.0 Å². The summed E-state index contributed by atoms with van der Waals surface area (Å²) in [5.74, 6) is 0. The van der Waals surface area contributed by atoms with Crippen molar-refractivity contribution >= 4 is 0 Å². The van der Waals surface area contributed by atoms with Crippen LogP contribution in [0.1, 0.15) is 49.3 Å². The van der Waals surface area contributed by atoms with Crippen LogP contribution in [0.25, 0.3) is 0 Å². The van der Waals surface area contributed by atoms with Gasteiger partial charge in [0.25, 0.3) is 0 Å². The van der Waals surface area contributed by atoms with Gasteiger partial charge in [-0.2, -0.15) is 0 Å². The fourth-order valence-corrected chi connectivity index (χ4v) is 2.57. The lowest BCUT2D eigenvalue weighted by Crippen LogP contribution is -2.14. The summed E-state index contributed by atoms with van der Waals surface area (Å²) in [5.41, 5.74) is 10.5.